The molecule has 31 heavy (non-hydrogen) atoms. The van der Waals surface area contributed by atoms with Crippen molar-refractivity contribution in [3.05, 3.63) is 59.7 Å². The van der Waals surface area contributed by atoms with Gasteiger partial charge in [0.05, 0.1) is 6.54 Å². The molecule has 2 aromatic rings. The maximum atomic E-state index is 12.8. The number of para-hydroxylation sites is 2. The van der Waals surface area contributed by atoms with Gasteiger partial charge < -0.3 is 19.3 Å². The molecular weight excluding hydrogens is 394 g/mol. The van der Waals surface area contributed by atoms with Crippen LogP contribution >= 0.6 is 0 Å². The van der Waals surface area contributed by atoms with Gasteiger partial charge in [0.25, 0.3) is 5.91 Å². The Labute approximate surface area is 183 Å². The molecule has 2 aliphatic rings. The zero-order chi connectivity index (χ0) is 21.8. The molecule has 0 bridgehead atoms. The number of rotatable bonds is 5. The standard InChI is InChI=1S/C24H29N3O4/c1-18-6-5-7-19(14-18)15-26-10-12-27(13-11-26)23(28)16-25(2)24(29)22-17-30-20-8-3-4-9-21(20)31-22/h3-9,14,22H,10-13,15-17H2,1-2H3/t22-/m1/s1. The molecule has 164 valence electrons. The van der Waals surface area contributed by atoms with Crippen molar-refractivity contribution in [1.29, 1.82) is 0 Å². The minimum absolute atomic E-state index is 0.0387. The van der Waals surface area contributed by atoms with Crippen molar-refractivity contribution >= 4 is 11.8 Å². The summed E-state index contributed by atoms with van der Waals surface area (Å²) in [4.78, 5) is 31.1. The van der Waals surface area contributed by atoms with Crippen molar-refractivity contribution in [3.8, 4) is 11.5 Å². The Bertz CT molecular complexity index is 940. The summed E-state index contributed by atoms with van der Waals surface area (Å²) in [6, 6.07) is 15.8. The van der Waals surface area contributed by atoms with Crippen molar-refractivity contribution in [1.82, 2.24) is 14.7 Å². The highest BCUT2D eigenvalue weighted by Gasteiger charge is 2.31. The SMILES string of the molecule is Cc1cccc(CN2CCN(C(=O)CN(C)C(=O)[C@H]3COc4ccccc4O3)CC2)c1. The number of benzene rings is 2. The highest BCUT2D eigenvalue weighted by atomic mass is 16.6. The average molecular weight is 424 g/mol. The lowest BCUT2D eigenvalue weighted by Crippen LogP contribution is -2.52. The predicted octanol–water partition coefficient (Wildman–Crippen LogP) is 1.94. The quantitative estimate of drug-likeness (QED) is 0.736. The van der Waals surface area contributed by atoms with Crippen LogP contribution in [-0.2, 0) is 16.1 Å². The highest BCUT2D eigenvalue weighted by molar-refractivity contribution is 5.87. The molecule has 2 aliphatic heterocycles. The number of hydrogen-bond donors (Lipinski definition) is 0. The van der Waals surface area contributed by atoms with E-state index >= 15 is 0 Å². The number of carbonyl (C=O) groups is 2. The van der Waals surface area contributed by atoms with Gasteiger partial charge in [0.15, 0.2) is 11.5 Å². The van der Waals surface area contributed by atoms with Gasteiger partial charge in [0.2, 0.25) is 12.0 Å². The van der Waals surface area contributed by atoms with Crippen LogP contribution in [0.2, 0.25) is 0 Å². The number of ether oxygens (including phenoxy) is 2. The summed E-state index contributed by atoms with van der Waals surface area (Å²) >= 11 is 0. The van der Waals surface area contributed by atoms with Gasteiger partial charge in [-0.2, -0.15) is 0 Å². The first-order valence-electron chi connectivity index (χ1n) is 10.7. The van der Waals surface area contributed by atoms with Crippen LogP contribution in [0.25, 0.3) is 0 Å². The molecule has 4 rings (SSSR count). The first kappa shape index (κ1) is 21.2. The summed E-state index contributed by atoms with van der Waals surface area (Å²) in [5.41, 5.74) is 2.55. The lowest BCUT2D eigenvalue weighted by atomic mass is 10.1. The van der Waals surface area contributed by atoms with E-state index in [1.165, 1.54) is 16.0 Å². The van der Waals surface area contributed by atoms with Crippen molar-refractivity contribution < 1.29 is 19.1 Å². The molecular formula is C24H29N3O4. The van der Waals surface area contributed by atoms with Crippen LogP contribution in [0.15, 0.2) is 48.5 Å². The number of aryl methyl sites for hydroxylation is 1. The highest BCUT2D eigenvalue weighted by Crippen LogP contribution is 2.31. The molecule has 0 saturated carbocycles. The maximum Gasteiger partial charge on any atom is 0.267 e. The van der Waals surface area contributed by atoms with E-state index in [2.05, 4.69) is 36.1 Å². The van der Waals surface area contributed by atoms with E-state index < -0.39 is 6.10 Å². The van der Waals surface area contributed by atoms with Crippen molar-refractivity contribution in [2.75, 3.05) is 46.4 Å². The Balaban J connectivity index is 1.24. The lowest BCUT2D eigenvalue weighted by Gasteiger charge is -2.36. The normalized spacial score (nSPS) is 18.5. The van der Waals surface area contributed by atoms with Gasteiger partial charge in [-0.15, -0.1) is 0 Å². The van der Waals surface area contributed by atoms with Gasteiger partial charge in [-0.05, 0) is 24.6 Å². The van der Waals surface area contributed by atoms with E-state index in [0.717, 1.165) is 19.6 Å². The summed E-state index contributed by atoms with van der Waals surface area (Å²) in [6.07, 6.45) is -0.737. The third-order valence-electron chi connectivity index (χ3n) is 5.75. The molecule has 2 amide bonds. The smallest absolute Gasteiger partial charge is 0.267 e. The number of amides is 2. The van der Waals surface area contributed by atoms with Crippen molar-refractivity contribution in [2.45, 2.75) is 19.6 Å². The van der Waals surface area contributed by atoms with E-state index in [9.17, 15) is 9.59 Å². The van der Waals surface area contributed by atoms with Crippen molar-refractivity contribution in [2.24, 2.45) is 0 Å². The number of likely N-dealkylation sites (N-methyl/N-ethyl adjacent to an activating group) is 1. The van der Waals surface area contributed by atoms with Crippen LogP contribution in [-0.4, -0.2) is 79.0 Å². The molecule has 0 radical (unpaired) electrons. The van der Waals surface area contributed by atoms with E-state index in [1.807, 2.05) is 23.1 Å². The summed E-state index contributed by atoms with van der Waals surface area (Å²) < 4.78 is 11.4. The molecule has 7 nitrogen and oxygen atoms in total. The molecule has 2 heterocycles. The largest absolute Gasteiger partial charge is 0.485 e. The molecule has 0 aromatic heterocycles. The Morgan fingerprint density at radius 3 is 2.52 bits per heavy atom. The van der Waals surface area contributed by atoms with Crippen molar-refractivity contribution in [3.63, 3.8) is 0 Å². The van der Waals surface area contributed by atoms with E-state index in [0.29, 0.717) is 24.6 Å². The fourth-order valence-electron chi connectivity index (χ4n) is 3.99. The fourth-order valence-corrected chi connectivity index (χ4v) is 3.99. The van der Waals surface area contributed by atoms with Crippen LogP contribution in [0.1, 0.15) is 11.1 Å². The van der Waals surface area contributed by atoms with Crippen LogP contribution in [0.5, 0.6) is 11.5 Å². The second kappa shape index (κ2) is 9.39. The van der Waals surface area contributed by atoms with E-state index in [-0.39, 0.29) is 25.0 Å². The Hall–Kier alpha value is -3.06. The van der Waals surface area contributed by atoms with Crippen LogP contribution in [0.3, 0.4) is 0 Å². The third-order valence-corrected chi connectivity index (χ3v) is 5.75. The minimum atomic E-state index is -0.737. The minimum Gasteiger partial charge on any atom is -0.485 e. The molecule has 7 heteroatoms. The molecule has 0 N–H and O–H groups in total. The predicted molar refractivity (Wildman–Crippen MR) is 117 cm³/mol. The molecule has 2 aromatic carbocycles. The number of fused-ring (bicyclic) bond motifs is 1. The first-order valence-corrected chi connectivity index (χ1v) is 10.7. The number of nitrogens with zero attached hydrogens (tertiary/aromatic N) is 3. The van der Waals surface area contributed by atoms with E-state index in [1.54, 1.807) is 13.1 Å². The van der Waals surface area contributed by atoms with Crippen LogP contribution in [0, 0.1) is 6.92 Å². The topological polar surface area (TPSA) is 62.3 Å². The number of piperazine rings is 1. The fraction of sp³-hybridized carbons (Fsp3) is 0.417. The van der Waals surface area contributed by atoms with E-state index in [4.69, 9.17) is 9.47 Å². The molecule has 1 fully saturated rings. The van der Waals surface area contributed by atoms with Crippen LogP contribution in [0.4, 0.5) is 0 Å². The third kappa shape index (κ3) is 5.17. The molecule has 1 atom stereocenters. The monoisotopic (exact) mass is 423 g/mol. The average Bonchev–Trinajstić information content (AvgIpc) is 2.78. The van der Waals surface area contributed by atoms with Gasteiger partial charge in [-0.25, -0.2) is 0 Å². The second-order valence-electron chi connectivity index (χ2n) is 8.20. The summed E-state index contributed by atoms with van der Waals surface area (Å²) in [5, 5.41) is 0. The second-order valence-corrected chi connectivity index (χ2v) is 8.20. The Morgan fingerprint density at radius 1 is 1.03 bits per heavy atom. The summed E-state index contributed by atoms with van der Waals surface area (Å²) in [7, 11) is 1.64. The molecule has 0 aliphatic carbocycles. The maximum absolute atomic E-state index is 12.8. The van der Waals surface area contributed by atoms with Gasteiger partial charge in [-0.3, -0.25) is 14.5 Å². The van der Waals surface area contributed by atoms with Gasteiger partial charge >= 0.3 is 0 Å². The zero-order valence-corrected chi connectivity index (χ0v) is 18.1. The zero-order valence-electron chi connectivity index (χ0n) is 18.1. The Kier molecular flexibility index (Phi) is 6.42. The molecule has 1 saturated heterocycles. The number of hydrogen-bond acceptors (Lipinski definition) is 5. The van der Waals surface area contributed by atoms with Crippen LogP contribution < -0.4 is 9.47 Å². The Morgan fingerprint density at radius 2 is 1.77 bits per heavy atom. The molecule has 0 spiro atoms. The molecule has 0 unspecified atom stereocenters. The van der Waals surface area contributed by atoms with Gasteiger partial charge in [-0.1, -0.05) is 42.0 Å². The van der Waals surface area contributed by atoms with Gasteiger partial charge in [0.1, 0.15) is 6.61 Å². The summed E-state index contributed by atoms with van der Waals surface area (Å²) in [5.74, 6) is 0.898. The lowest BCUT2D eigenvalue weighted by molar-refractivity contribution is -0.146. The number of carbonyl (C=O) groups excluding carboxylic acids is 2. The first-order chi connectivity index (χ1) is 15.0. The summed E-state index contributed by atoms with van der Waals surface area (Å²) in [6.45, 7) is 6.17. The van der Waals surface area contributed by atoms with Gasteiger partial charge in [0, 0.05) is 39.8 Å².